The van der Waals surface area contributed by atoms with Gasteiger partial charge in [-0.3, -0.25) is 19.8 Å². The second-order valence-electron chi connectivity index (χ2n) is 7.04. The van der Waals surface area contributed by atoms with E-state index in [0.717, 1.165) is 23.5 Å². The topological polar surface area (TPSA) is 71.3 Å². The van der Waals surface area contributed by atoms with Crippen LogP contribution in [0.5, 0.6) is 0 Å². The van der Waals surface area contributed by atoms with Crippen molar-refractivity contribution >= 4 is 29.2 Å². The molecule has 1 heterocycles. The van der Waals surface area contributed by atoms with Crippen molar-refractivity contribution in [3.8, 4) is 0 Å². The van der Waals surface area contributed by atoms with Crippen molar-refractivity contribution in [2.24, 2.45) is 4.99 Å². The molecule has 0 saturated carbocycles. The number of anilines is 1. The molecule has 6 nitrogen and oxygen atoms in total. The largest absolute Gasteiger partial charge is 0.326 e. The highest BCUT2D eigenvalue weighted by molar-refractivity contribution is 6.30. The number of carbonyl (C=O) groups is 1. The minimum Gasteiger partial charge on any atom is -0.326 e. The van der Waals surface area contributed by atoms with E-state index in [2.05, 4.69) is 27.6 Å². The van der Waals surface area contributed by atoms with Gasteiger partial charge in [0.2, 0.25) is 5.96 Å². The van der Waals surface area contributed by atoms with Gasteiger partial charge in [-0.05, 0) is 81.3 Å². The van der Waals surface area contributed by atoms with Crippen molar-refractivity contribution in [3.05, 3.63) is 81.9 Å². The number of rotatable bonds is 6. The number of aliphatic imine (C=N–C) groups is 1. The Morgan fingerprint density at radius 3 is 2.42 bits per heavy atom. The lowest BCUT2D eigenvalue weighted by molar-refractivity contribution is 0.0977. The summed E-state index contributed by atoms with van der Waals surface area (Å²) in [5.74, 6) is -0.380. The highest BCUT2D eigenvalue weighted by atomic mass is 35.5. The van der Waals surface area contributed by atoms with Crippen LogP contribution < -0.4 is 10.6 Å². The van der Waals surface area contributed by atoms with Gasteiger partial charge in [-0.1, -0.05) is 11.6 Å². The Labute approximate surface area is 186 Å². The van der Waals surface area contributed by atoms with E-state index in [1.54, 1.807) is 36.4 Å². The molecule has 0 aliphatic carbocycles. The Balaban J connectivity index is 1.77. The number of aryl methyl sites for hydroxylation is 2. The van der Waals surface area contributed by atoms with Crippen LogP contribution in [-0.4, -0.2) is 28.2 Å². The van der Waals surface area contributed by atoms with Crippen molar-refractivity contribution in [2.75, 3.05) is 11.9 Å². The first-order valence-electron chi connectivity index (χ1n) is 10.0. The standard InChI is InChI=1S/C23H25ClFN5O/c1-4-30-16(3)21(15(2)29-30)13-14-26-23(27-20-11-9-19(25)10-12-20)28-22(31)17-5-7-18(24)8-6-17/h5-12H,4,13-14H2,1-3H3,(H2,26,27,28,31). The number of aromatic nitrogens is 2. The second-order valence-corrected chi connectivity index (χ2v) is 7.47. The lowest BCUT2D eigenvalue weighted by Crippen LogP contribution is -2.36. The van der Waals surface area contributed by atoms with Gasteiger partial charge in [0, 0.05) is 35.1 Å². The average Bonchev–Trinajstić information content (AvgIpc) is 3.03. The molecule has 0 spiro atoms. The quantitative estimate of drug-likeness (QED) is 0.428. The molecule has 2 aromatic carbocycles. The summed E-state index contributed by atoms with van der Waals surface area (Å²) in [4.78, 5) is 17.2. The molecule has 0 unspecified atom stereocenters. The number of guanidine groups is 1. The van der Waals surface area contributed by atoms with Gasteiger partial charge in [0.1, 0.15) is 5.82 Å². The highest BCUT2D eigenvalue weighted by Gasteiger charge is 2.12. The summed E-state index contributed by atoms with van der Waals surface area (Å²) < 4.78 is 15.2. The number of hydrogen-bond acceptors (Lipinski definition) is 3. The number of carbonyl (C=O) groups excluding carboxylic acids is 1. The fourth-order valence-corrected chi connectivity index (χ4v) is 3.37. The summed E-state index contributed by atoms with van der Waals surface area (Å²) in [6.45, 7) is 7.34. The van der Waals surface area contributed by atoms with Crippen LogP contribution >= 0.6 is 11.6 Å². The molecule has 1 aromatic heterocycles. The summed E-state index contributed by atoms with van der Waals surface area (Å²) in [6.07, 6.45) is 0.684. The minimum atomic E-state index is -0.340. The van der Waals surface area contributed by atoms with Gasteiger partial charge < -0.3 is 5.32 Å². The summed E-state index contributed by atoms with van der Waals surface area (Å²) in [7, 11) is 0. The molecule has 31 heavy (non-hydrogen) atoms. The van der Waals surface area contributed by atoms with Crippen LogP contribution in [0, 0.1) is 19.7 Å². The number of hydrogen-bond donors (Lipinski definition) is 2. The number of benzene rings is 2. The molecular weight excluding hydrogens is 417 g/mol. The Bertz CT molecular complexity index is 1070. The number of amides is 1. The van der Waals surface area contributed by atoms with Gasteiger partial charge in [0.25, 0.3) is 5.91 Å². The Morgan fingerprint density at radius 1 is 1.13 bits per heavy atom. The van der Waals surface area contributed by atoms with Gasteiger partial charge in [-0.15, -0.1) is 0 Å². The third kappa shape index (κ3) is 5.92. The smallest absolute Gasteiger partial charge is 0.257 e. The van der Waals surface area contributed by atoms with Crippen LogP contribution in [0.1, 0.15) is 34.2 Å². The first kappa shape index (κ1) is 22.5. The molecule has 8 heteroatoms. The van der Waals surface area contributed by atoms with Gasteiger partial charge in [0.15, 0.2) is 0 Å². The maximum absolute atomic E-state index is 13.2. The zero-order valence-corrected chi connectivity index (χ0v) is 18.5. The third-order valence-corrected chi connectivity index (χ3v) is 5.16. The van der Waals surface area contributed by atoms with E-state index in [-0.39, 0.29) is 17.7 Å². The summed E-state index contributed by atoms with van der Waals surface area (Å²) in [6, 6.07) is 12.4. The minimum absolute atomic E-state index is 0.282. The molecule has 0 radical (unpaired) electrons. The lowest BCUT2D eigenvalue weighted by atomic mass is 10.1. The van der Waals surface area contributed by atoms with Crippen LogP contribution in [0.15, 0.2) is 53.5 Å². The van der Waals surface area contributed by atoms with E-state index in [0.29, 0.717) is 29.2 Å². The fourth-order valence-electron chi connectivity index (χ4n) is 3.24. The first-order chi connectivity index (χ1) is 14.9. The lowest BCUT2D eigenvalue weighted by Gasteiger charge is -2.12. The zero-order chi connectivity index (χ0) is 22.4. The highest BCUT2D eigenvalue weighted by Crippen LogP contribution is 2.14. The Hall–Kier alpha value is -3.19. The summed E-state index contributed by atoms with van der Waals surface area (Å²) in [5.41, 5.74) is 4.31. The predicted molar refractivity (Wildman–Crippen MR) is 122 cm³/mol. The first-order valence-corrected chi connectivity index (χ1v) is 10.4. The Morgan fingerprint density at radius 2 is 1.81 bits per heavy atom. The van der Waals surface area contributed by atoms with E-state index in [1.165, 1.54) is 12.1 Å². The van der Waals surface area contributed by atoms with Crippen molar-refractivity contribution in [2.45, 2.75) is 33.7 Å². The SMILES string of the molecule is CCn1nc(C)c(CCN=C(NC(=O)c2ccc(Cl)cc2)Nc2ccc(F)cc2)c1C. The van der Waals surface area contributed by atoms with Crippen LogP contribution in [0.25, 0.3) is 0 Å². The Kier molecular flexibility index (Phi) is 7.41. The summed E-state index contributed by atoms with van der Waals surface area (Å²) in [5, 5.41) is 10.9. The average molecular weight is 442 g/mol. The third-order valence-electron chi connectivity index (χ3n) is 4.91. The molecule has 2 N–H and O–H groups in total. The molecule has 0 fully saturated rings. The van der Waals surface area contributed by atoms with Crippen LogP contribution in [0.4, 0.5) is 10.1 Å². The van der Waals surface area contributed by atoms with Crippen molar-refractivity contribution < 1.29 is 9.18 Å². The summed E-state index contributed by atoms with van der Waals surface area (Å²) >= 11 is 5.90. The monoisotopic (exact) mass is 441 g/mol. The molecule has 0 bridgehead atoms. The maximum atomic E-state index is 13.2. The second kappa shape index (κ2) is 10.2. The normalized spacial score (nSPS) is 11.5. The number of nitrogens with zero attached hydrogens (tertiary/aromatic N) is 3. The zero-order valence-electron chi connectivity index (χ0n) is 17.7. The molecule has 0 saturated heterocycles. The predicted octanol–water partition coefficient (Wildman–Crippen LogP) is 4.75. The molecule has 0 aliphatic rings. The van der Waals surface area contributed by atoms with Gasteiger partial charge in [-0.2, -0.15) is 5.10 Å². The van der Waals surface area contributed by atoms with Crippen LogP contribution in [0.2, 0.25) is 5.02 Å². The molecule has 162 valence electrons. The molecule has 0 aliphatic heterocycles. The maximum Gasteiger partial charge on any atom is 0.257 e. The van der Waals surface area contributed by atoms with Crippen molar-refractivity contribution in [1.29, 1.82) is 0 Å². The van der Waals surface area contributed by atoms with Gasteiger partial charge in [0.05, 0.1) is 5.69 Å². The van der Waals surface area contributed by atoms with E-state index in [4.69, 9.17) is 11.6 Å². The number of nitrogens with one attached hydrogen (secondary N) is 2. The molecular formula is C23H25ClFN5O. The van der Waals surface area contributed by atoms with Crippen molar-refractivity contribution in [3.63, 3.8) is 0 Å². The van der Waals surface area contributed by atoms with E-state index in [9.17, 15) is 9.18 Å². The van der Waals surface area contributed by atoms with Crippen LogP contribution in [-0.2, 0) is 13.0 Å². The van der Waals surface area contributed by atoms with Crippen LogP contribution in [0.3, 0.4) is 0 Å². The van der Waals surface area contributed by atoms with Gasteiger partial charge in [-0.25, -0.2) is 4.39 Å². The van der Waals surface area contributed by atoms with Crippen molar-refractivity contribution in [1.82, 2.24) is 15.1 Å². The van der Waals surface area contributed by atoms with E-state index < -0.39 is 0 Å². The molecule has 3 aromatic rings. The fraction of sp³-hybridized carbons (Fsp3) is 0.261. The van der Waals surface area contributed by atoms with Gasteiger partial charge >= 0.3 is 0 Å². The molecule has 0 atom stereocenters. The van der Waals surface area contributed by atoms with E-state index >= 15 is 0 Å². The number of halogens is 2. The molecule has 3 rings (SSSR count). The molecule has 1 amide bonds. The van der Waals surface area contributed by atoms with E-state index in [1.807, 2.05) is 18.5 Å².